The van der Waals surface area contributed by atoms with Gasteiger partial charge in [0.25, 0.3) is 0 Å². The zero-order valence-electron chi connectivity index (χ0n) is 7.28. The second-order valence-electron chi connectivity index (χ2n) is 2.84. The summed E-state index contributed by atoms with van der Waals surface area (Å²) in [5, 5.41) is 0. The second kappa shape index (κ2) is 3.62. The van der Waals surface area contributed by atoms with Crippen molar-refractivity contribution in [1.29, 1.82) is 0 Å². The van der Waals surface area contributed by atoms with E-state index < -0.39 is 29.6 Å². The molecule has 0 heterocycles. The Bertz CT molecular complexity index is 224. The highest BCUT2D eigenvalue weighted by Gasteiger charge is 2.48. The third-order valence-corrected chi connectivity index (χ3v) is 1.50. The van der Waals surface area contributed by atoms with Crippen LogP contribution in [0.1, 0.15) is 13.8 Å². The number of ketones is 2. The summed E-state index contributed by atoms with van der Waals surface area (Å²) >= 11 is 0. The number of rotatable bonds is 3. The fraction of sp³-hybridized carbons (Fsp3) is 0.714. The van der Waals surface area contributed by atoms with E-state index in [0.717, 1.165) is 0 Å². The van der Waals surface area contributed by atoms with Crippen LogP contribution in [0.15, 0.2) is 0 Å². The SMILES string of the molecule is CC(C(=O)C(C)(F)F)C(=O)C(F)(F)F. The number of halogens is 5. The van der Waals surface area contributed by atoms with Crippen molar-refractivity contribution in [1.82, 2.24) is 0 Å². The molecule has 82 valence electrons. The highest BCUT2D eigenvalue weighted by Crippen LogP contribution is 2.26. The van der Waals surface area contributed by atoms with Gasteiger partial charge in [0, 0.05) is 6.92 Å². The van der Waals surface area contributed by atoms with E-state index in [4.69, 9.17) is 0 Å². The fourth-order valence-electron chi connectivity index (χ4n) is 0.745. The quantitative estimate of drug-likeness (QED) is 0.536. The van der Waals surface area contributed by atoms with Crippen molar-refractivity contribution >= 4 is 11.6 Å². The first-order valence-corrected chi connectivity index (χ1v) is 3.51. The van der Waals surface area contributed by atoms with Crippen molar-refractivity contribution in [2.45, 2.75) is 25.9 Å². The largest absolute Gasteiger partial charge is 0.450 e. The lowest BCUT2D eigenvalue weighted by molar-refractivity contribution is -0.179. The average Bonchev–Trinajstić information content (AvgIpc) is 1.97. The number of hydrogen-bond acceptors (Lipinski definition) is 2. The summed E-state index contributed by atoms with van der Waals surface area (Å²) in [7, 11) is 0. The van der Waals surface area contributed by atoms with Gasteiger partial charge in [0.2, 0.25) is 11.6 Å². The maximum Gasteiger partial charge on any atom is 0.450 e. The van der Waals surface area contributed by atoms with Gasteiger partial charge in [-0.2, -0.15) is 22.0 Å². The maximum absolute atomic E-state index is 12.2. The van der Waals surface area contributed by atoms with Crippen molar-refractivity contribution in [2.75, 3.05) is 0 Å². The highest BCUT2D eigenvalue weighted by atomic mass is 19.4. The van der Waals surface area contributed by atoms with Crippen LogP contribution in [0.25, 0.3) is 0 Å². The minimum absolute atomic E-state index is 0.148. The molecule has 7 heteroatoms. The van der Waals surface area contributed by atoms with E-state index >= 15 is 0 Å². The molecule has 0 rings (SSSR count). The Morgan fingerprint density at radius 3 is 1.57 bits per heavy atom. The smallest absolute Gasteiger partial charge is 0.292 e. The molecule has 2 nitrogen and oxygen atoms in total. The molecule has 0 aliphatic carbocycles. The van der Waals surface area contributed by atoms with E-state index in [1.165, 1.54) is 0 Å². The normalized spacial score (nSPS) is 15.1. The molecule has 0 N–H and O–H groups in total. The highest BCUT2D eigenvalue weighted by molar-refractivity contribution is 6.06. The van der Waals surface area contributed by atoms with Crippen LogP contribution in [0, 0.1) is 5.92 Å². The third-order valence-electron chi connectivity index (χ3n) is 1.50. The predicted molar refractivity (Wildman–Crippen MR) is 35.9 cm³/mol. The van der Waals surface area contributed by atoms with Gasteiger partial charge in [-0.1, -0.05) is 0 Å². The summed E-state index contributed by atoms with van der Waals surface area (Å²) in [6.45, 7) is 0.658. The topological polar surface area (TPSA) is 34.1 Å². The Balaban J connectivity index is 4.74. The lowest BCUT2D eigenvalue weighted by Gasteiger charge is -2.15. The summed E-state index contributed by atoms with van der Waals surface area (Å²) in [6, 6.07) is 0. The Kier molecular flexibility index (Phi) is 3.36. The van der Waals surface area contributed by atoms with Crippen molar-refractivity contribution in [3.63, 3.8) is 0 Å². The first-order valence-electron chi connectivity index (χ1n) is 3.51. The number of Topliss-reactive ketones (excluding diaryl/α,β-unsaturated/α-hetero) is 2. The van der Waals surface area contributed by atoms with Gasteiger partial charge in [-0.3, -0.25) is 9.59 Å². The third kappa shape index (κ3) is 3.04. The van der Waals surface area contributed by atoms with Gasteiger partial charge in [0.05, 0.1) is 5.92 Å². The van der Waals surface area contributed by atoms with Gasteiger partial charge >= 0.3 is 12.1 Å². The number of carbonyl (C=O) groups excluding carboxylic acids is 2. The molecule has 0 aromatic carbocycles. The minimum atomic E-state index is -5.26. The van der Waals surface area contributed by atoms with Crippen LogP contribution in [0.5, 0.6) is 0 Å². The standard InChI is InChI=1S/C7H7F5O2/c1-3(4(13)6(2,8)9)5(14)7(10,11)12/h3H,1-2H3. The van der Waals surface area contributed by atoms with Crippen molar-refractivity contribution in [3.8, 4) is 0 Å². The molecule has 0 aliphatic heterocycles. The van der Waals surface area contributed by atoms with Crippen molar-refractivity contribution in [2.24, 2.45) is 5.92 Å². The van der Waals surface area contributed by atoms with Crippen LogP contribution in [0.4, 0.5) is 22.0 Å². The van der Waals surface area contributed by atoms with E-state index in [0.29, 0.717) is 6.92 Å². The van der Waals surface area contributed by atoms with E-state index in [2.05, 4.69) is 0 Å². The van der Waals surface area contributed by atoms with Gasteiger partial charge in [-0.25, -0.2) is 0 Å². The number of carbonyl (C=O) groups is 2. The summed E-state index contributed by atoms with van der Waals surface area (Å²) in [6.07, 6.45) is -5.26. The monoisotopic (exact) mass is 218 g/mol. The fourth-order valence-corrected chi connectivity index (χ4v) is 0.745. The molecule has 0 bridgehead atoms. The molecule has 0 spiro atoms. The van der Waals surface area contributed by atoms with E-state index in [1.807, 2.05) is 0 Å². The second-order valence-corrected chi connectivity index (χ2v) is 2.84. The first-order chi connectivity index (χ1) is 5.98. The van der Waals surface area contributed by atoms with Gasteiger partial charge in [0.15, 0.2) is 0 Å². The molecule has 0 radical (unpaired) electrons. The van der Waals surface area contributed by atoms with Gasteiger partial charge in [0.1, 0.15) is 0 Å². The van der Waals surface area contributed by atoms with Gasteiger partial charge < -0.3 is 0 Å². The van der Waals surface area contributed by atoms with E-state index in [1.54, 1.807) is 0 Å². The van der Waals surface area contributed by atoms with E-state index in [9.17, 15) is 31.5 Å². The summed E-state index contributed by atoms with van der Waals surface area (Å²) in [4.78, 5) is 21.0. The maximum atomic E-state index is 12.2. The van der Waals surface area contributed by atoms with Crippen LogP contribution in [-0.2, 0) is 9.59 Å². The van der Waals surface area contributed by atoms with E-state index in [-0.39, 0.29) is 6.92 Å². The Morgan fingerprint density at radius 1 is 1.00 bits per heavy atom. The Morgan fingerprint density at radius 2 is 1.36 bits per heavy atom. The predicted octanol–water partition coefficient (Wildman–Crippen LogP) is 1.98. The Labute approximate surface area is 76.1 Å². The molecular formula is C7H7F5O2. The molecule has 0 aromatic rings. The summed E-state index contributed by atoms with van der Waals surface area (Å²) < 4.78 is 59.6. The molecule has 0 saturated heterocycles. The molecule has 0 fully saturated rings. The lowest BCUT2D eigenvalue weighted by atomic mass is 9.97. The van der Waals surface area contributed by atoms with Crippen LogP contribution in [0.2, 0.25) is 0 Å². The first kappa shape index (κ1) is 13.0. The molecule has 0 aromatic heterocycles. The zero-order valence-corrected chi connectivity index (χ0v) is 7.28. The van der Waals surface area contributed by atoms with Crippen molar-refractivity contribution in [3.05, 3.63) is 0 Å². The van der Waals surface area contributed by atoms with Gasteiger partial charge in [-0.05, 0) is 6.92 Å². The lowest BCUT2D eigenvalue weighted by Crippen LogP contribution is -2.40. The molecule has 0 saturated carbocycles. The minimum Gasteiger partial charge on any atom is -0.292 e. The molecule has 0 aliphatic rings. The summed E-state index contributed by atoms with van der Waals surface area (Å²) in [5.41, 5.74) is 0. The van der Waals surface area contributed by atoms with Crippen molar-refractivity contribution < 1.29 is 31.5 Å². The molecule has 1 atom stereocenters. The Hall–Kier alpha value is -1.01. The molecule has 14 heavy (non-hydrogen) atoms. The van der Waals surface area contributed by atoms with Gasteiger partial charge in [-0.15, -0.1) is 0 Å². The van der Waals surface area contributed by atoms with Crippen LogP contribution < -0.4 is 0 Å². The average molecular weight is 218 g/mol. The number of alkyl halides is 5. The molecule has 1 unspecified atom stereocenters. The number of hydrogen-bond donors (Lipinski definition) is 0. The summed E-state index contributed by atoms with van der Waals surface area (Å²) in [5.74, 6) is -10.8. The van der Waals surface area contributed by atoms with Crippen LogP contribution >= 0.6 is 0 Å². The van der Waals surface area contributed by atoms with Crippen LogP contribution in [-0.4, -0.2) is 23.7 Å². The molecular weight excluding hydrogens is 211 g/mol. The zero-order chi connectivity index (χ0) is 11.7. The van der Waals surface area contributed by atoms with Crippen LogP contribution in [0.3, 0.4) is 0 Å². The molecule has 0 amide bonds.